The lowest BCUT2D eigenvalue weighted by Crippen LogP contribution is -2.65. The highest BCUT2D eigenvalue weighted by Gasteiger charge is 2.59. The van der Waals surface area contributed by atoms with Gasteiger partial charge in [-0.25, -0.2) is 14.8 Å². The first-order valence-corrected chi connectivity index (χ1v) is 11.3. The zero-order valence-electron chi connectivity index (χ0n) is 18.7. The van der Waals surface area contributed by atoms with Crippen molar-refractivity contribution in [1.82, 2.24) is 24.8 Å². The molecule has 2 amide bonds. The highest BCUT2D eigenvalue weighted by molar-refractivity contribution is 6.31. The third-order valence-corrected chi connectivity index (χ3v) is 6.94. The molecule has 4 aromatic rings. The van der Waals surface area contributed by atoms with Crippen molar-refractivity contribution in [2.24, 2.45) is 0 Å². The van der Waals surface area contributed by atoms with Gasteiger partial charge in [-0.15, -0.1) is 0 Å². The molecule has 0 aliphatic carbocycles. The highest BCUT2D eigenvalue weighted by atomic mass is 35.5. The molecule has 10 heteroatoms. The minimum absolute atomic E-state index is 0.0890. The second-order valence-electron chi connectivity index (χ2n) is 8.63. The second-order valence-corrected chi connectivity index (χ2v) is 9.07. The Bertz CT molecular complexity index is 1490. The Morgan fingerprint density at radius 1 is 1.11 bits per heavy atom. The lowest BCUT2D eigenvalue weighted by atomic mass is 9.75. The summed E-state index contributed by atoms with van der Waals surface area (Å²) in [5, 5.41) is 2.42. The Kier molecular flexibility index (Phi) is 4.89. The molecular weight excluding hydrogens is 468 g/mol. The monoisotopic (exact) mass is 486 g/mol. The van der Waals surface area contributed by atoms with E-state index in [2.05, 4.69) is 15.0 Å². The summed E-state index contributed by atoms with van der Waals surface area (Å²) in [4.78, 5) is 46.4. The summed E-state index contributed by atoms with van der Waals surface area (Å²) in [6.45, 7) is 0.740. The number of methoxy groups -OCH3 is 1. The Morgan fingerprint density at radius 3 is 2.69 bits per heavy atom. The molecule has 35 heavy (non-hydrogen) atoms. The number of likely N-dealkylation sites (tertiary alicyclic amines) is 1. The minimum Gasteiger partial charge on any atom is -0.453 e. The van der Waals surface area contributed by atoms with Crippen LogP contribution in [0.5, 0.6) is 0 Å². The third-order valence-electron chi connectivity index (χ3n) is 6.70. The van der Waals surface area contributed by atoms with Gasteiger partial charge in [-0.2, -0.15) is 0 Å². The molecule has 0 bridgehead atoms. The summed E-state index contributed by atoms with van der Waals surface area (Å²) < 4.78 is 4.84. The van der Waals surface area contributed by atoms with Crippen LogP contribution in [-0.2, 0) is 21.5 Å². The normalized spacial score (nSPS) is 15.9. The molecule has 1 fully saturated rings. The van der Waals surface area contributed by atoms with Crippen LogP contribution in [0.1, 0.15) is 11.3 Å². The van der Waals surface area contributed by atoms with E-state index >= 15 is 0 Å². The van der Waals surface area contributed by atoms with Gasteiger partial charge in [0.25, 0.3) is 0 Å². The van der Waals surface area contributed by atoms with Crippen molar-refractivity contribution < 1.29 is 14.3 Å². The van der Waals surface area contributed by atoms with Crippen LogP contribution < -0.4 is 4.90 Å². The number of carbonyl (C=O) groups is 2. The average Bonchev–Trinajstić information content (AvgIpc) is 3.11. The number of halogens is 1. The fourth-order valence-corrected chi connectivity index (χ4v) is 5.25. The number of carbonyl (C=O) groups excluding carboxylic acids is 2. The molecule has 1 spiro atoms. The van der Waals surface area contributed by atoms with Crippen molar-refractivity contribution in [3.8, 4) is 11.1 Å². The quantitative estimate of drug-likeness (QED) is 0.436. The molecule has 5 heterocycles. The molecule has 2 aliphatic rings. The molecule has 0 N–H and O–H groups in total. The van der Waals surface area contributed by atoms with Gasteiger partial charge >= 0.3 is 6.09 Å². The number of hydrogen-bond acceptors (Lipinski definition) is 7. The number of anilines is 1. The van der Waals surface area contributed by atoms with Crippen LogP contribution in [0.4, 0.5) is 10.5 Å². The van der Waals surface area contributed by atoms with Gasteiger partial charge in [-0.3, -0.25) is 14.8 Å². The van der Waals surface area contributed by atoms with Crippen molar-refractivity contribution in [1.29, 1.82) is 0 Å². The van der Waals surface area contributed by atoms with E-state index < -0.39 is 11.5 Å². The summed E-state index contributed by atoms with van der Waals surface area (Å²) >= 11 is 6.22. The molecule has 0 atom stereocenters. The van der Waals surface area contributed by atoms with E-state index in [0.717, 1.165) is 33.2 Å². The maximum atomic E-state index is 13.8. The Labute approximate surface area is 205 Å². The lowest BCUT2D eigenvalue weighted by Gasteiger charge is -2.45. The number of fused-ring (bicyclic) bond motifs is 3. The SMILES string of the molecule is COC(=O)N1CC2(C1)C(=O)N(Cc1ncc3cc(Cl)ccc3c1-c1cncnc1)c1cnccc12. The number of hydrogen-bond donors (Lipinski definition) is 0. The Morgan fingerprint density at radius 2 is 1.91 bits per heavy atom. The molecule has 9 nitrogen and oxygen atoms in total. The number of rotatable bonds is 3. The first-order chi connectivity index (χ1) is 17.0. The molecule has 0 radical (unpaired) electrons. The van der Waals surface area contributed by atoms with E-state index in [1.807, 2.05) is 24.3 Å². The zero-order valence-corrected chi connectivity index (χ0v) is 19.4. The topological polar surface area (TPSA) is 101 Å². The predicted molar refractivity (Wildman–Crippen MR) is 129 cm³/mol. The zero-order chi connectivity index (χ0) is 24.2. The smallest absolute Gasteiger partial charge is 0.409 e. The summed E-state index contributed by atoms with van der Waals surface area (Å²) in [7, 11) is 1.33. The first-order valence-electron chi connectivity index (χ1n) is 10.9. The van der Waals surface area contributed by atoms with E-state index in [-0.39, 0.29) is 25.5 Å². The third kappa shape index (κ3) is 3.23. The molecule has 1 saturated heterocycles. The summed E-state index contributed by atoms with van der Waals surface area (Å²) in [6, 6.07) is 7.47. The van der Waals surface area contributed by atoms with Gasteiger partial charge < -0.3 is 14.5 Å². The number of ether oxygens (including phenoxy) is 1. The summed E-state index contributed by atoms with van der Waals surface area (Å²) in [5.41, 5.74) is 3.08. The van der Waals surface area contributed by atoms with Crippen molar-refractivity contribution in [2.75, 3.05) is 25.1 Å². The Hall–Kier alpha value is -4.11. The van der Waals surface area contributed by atoms with Gasteiger partial charge in [0.2, 0.25) is 5.91 Å². The van der Waals surface area contributed by atoms with Crippen LogP contribution >= 0.6 is 11.6 Å². The second kappa shape index (κ2) is 7.99. The van der Waals surface area contributed by atoms with Gasteiger partial charge in [0.05, 0.1) is 31.2 Å². The number of pyridine rings is 2. The molecule has 6 rings (SSSR count). The first kappa shape index (κ1) is 21.4. The molecule has 2 aliphatic heterocycles. The largest absolute Gasteiger partial charge is 0.453 e. The number of benzene rings is 1. The van der Waals surface area contributed by atoms with Crippen LogP contribution in [0, 0.1) is 0 Å². The number of nitrogens with zero attached hydrogens (tertiary/aromatic N) is 6. The van der Waals surface area contributed by atoms with Crippen LogP contribution in [0.15, 0.2) is 61.6 Å². The van der Waals surface area contributed by atoms with Crippen molar-refractivity contribution in [3.05, 3.63) is 77.9 Å². The molecule has 1 aromatic carbocycles. The van der Waals surface area contributed by atoms with Gasteiger partial charge in [0, 0.05) is 59.4 Å². The van der Waals surface area contributed by atoms with Gasteiger partial charge in [-0.05, 0) is 29.1 Å². The highest BCUT2D eigenvalue weighted by Crippen LogP contribution is 2.48. The van der Waals surface area contributed by atoms with E-state index in [1.54, 1.807) is 35.9 Å². The fourth-order valence-electron chi connectivity index (χ4n) is 5.07. The van der Waals surface area contributed by atoms with Crippen LogP contribution in [-0.4, -0.2) is 57.0 Å². The average molecular weight is 487 g/mol. The minimum atomic E-state index is -0.813. The fraction of sp³-hybridized carbons (Fsp3) is 0.200. The molecular formula is C25H19ClN6O3. The van der Waals surface area contributed by atoms with Crippen molar-refractivity contribution in [2.45, 2.75) is 12.0 Å². The van der Waals surface area contributed by atoms with Crippen molar-refractivity contribution in [3.63, 3.8) is 0 Å². The van der Waals surface area contributed by atoms with E-state index in [0.29, 0.717) is 10.7 Å². The Balaban J connectivity index is 1.44. The standard InChI is InChI=1S/C25H19ClN6O3/c1-35-24(34)31-12-25(13-31)19-4-5-27-10-21(19)32(23(25)33)11-20-22(16-7-28-14-29-8-16)18-3-2-17(26)6-15(18)9-30-20/h2-10,14H,11-13H2,1H3. The summed E-state index contributed by atoms with van der Waals surface area (Å²) in [6.07, 6.45) is 9.59. The molecule has 3 aromatic heterocycles. The molecule has 0 saturated carbocycles. The van der Waals surface area contributed by atoms with Gasteiger partial charge in [-0.1, -0.05) is 17.7 Å². The van der Waals surface area contributed by atoms with Crippen LogP contribution in [0.3, 0.4) is 0 Å². The van der Waals surface area contributed by atoms with Crippen LogP contribution in [0.2, 0.25) is 5.02 Å². The number of aromatic nitrogens is 4. The van der Waals surface area contributed by atoms with E-state index in [4.69, 9.17) is 21.3 Å². The summed E-state index contributed by atoms with van der Waals surface area (Å²) in [5.74, 6) is -0.0890. The van der Waals surface area contributed by atoms with Gasteiger partial charge in [0.1, 0.15) is 11.7 Å². The van der Waals surface area contributed by atoms with Crippen LogP contribution in [0.25, 0.3) is 21.9 Å². The number of amides is 2. The maximum Gasteiger partial charge on any atom is 0.409 e. The maximum absolute atomic E-state index is 13.8. The van der Waals surface area contributed by atoms with Gasteiger partial charge in [0.15, 0.2) is 0 Å². The molecule has 174 valence electrons. The van der Waals surface area contributed by atoms with E-state index in [1.165, 1.54) is 18.3 Å². The molecule has 0 unspecified atom stereocenters. The predicted octanol–water partition coefficient (Wildman–Crippen LogP) is 3.61. The van der Waals surface area contributed by atoms with E-state index in [9.17, 15) is 9.59 Å². The lowest BCUT2D eigenvalue weighted by molar-refractivity contribution is -0.128. The van der Waals surface area contributed by atoms with Crippen molar-refractivity contribution >= 4 is 40.1 Å².